The van der Waals surface area contributed by atoms with E-state index in [1.54, 1.807) is 31.5 Å². The predicted octanol–water partition coefficient (Wildman–Crippen LogP) is 1.87. The number of benzene rings is 1. The van der Waals surface area contributed by atoms with E-state index in [0.29, 0.717) is 21.4 Å². The number of aromatic nitrogens is 4. The molecule has 1 aromatic carbocycles. The van der Waals surface area contributed by atoms with Crippen LogP contribution in [0.2, 0.25) is 0 Å². The van der Waals surface area contributed by atoms with Crippen LogP contribution in [0.1, 0.15) is 15.4 Å². The number of aryl methyl sites for hydroxylation is 1. The highest BCUT2D eigenvalue weighted by atomic mass is 32.1. The fourth-order valence-corrected chi connectivity index (χ4v) is 2.57. The van der Waals surface area contributed by atoms with Gasteiger partial charge in [-0.1, -0.05) is 11.3 Å². The first-order valence-electron chi connectivity index (χ1n) is 6.14. The normalized spacial score (nSPS) is 10.5. The Balaban J connectivity index is 1.76. The Morgan fingerprint density at radius 1 is 1.24 bits per heavy atom. The highest BCUT2D eigenvalue weighted by molar-refractivity contribution is 7.17. The van der Waals surface area contributed by atoms with Crippen LogP contribution in [0.15, 0.2) is 36.7 Å². The van der Waals surface area contributed by atoms with Crippen LogP contribution < -0.4 is 11.1 Å². The molecule has 0 aliphatic carbocycles. The van der Waals surface area contributed by atoms with Crippen molar-refractivity contribution < 1.29 is 4.79 Å². The summed E-state index contributed by atoms with van der Waals surface area (Å²) in [5.41, 5.74) is 7.73. The maximum Gasteiger partial charge on any atom is 0.267 e. The zero-order valence-electron chi connectivity index (χ0n) is 11.1. The third-order valence-corrected chi connectivity index (χ3v) is 3.78. The molecular formula is C13H12N6OS. The number of nitrogens with zero attached hydrogens (tertiary/aromatic N) is 4. The molecule has 0 atom stereocenters. The zero-order valence-corrected chi connectivity index (χ0v) is 12.0. The van der Waals surface area contributed by atoms with Crippen molar-refractivity contribution in [3.05, 3.63) is 47.2 Å². The lowest BCUT2D eigenvalue weighted by molar-refractivity contribution is 0.103. The molecule has 8 heteroatoms. The lowest BCUT2D eigenvalue weighted by Crippen LogP contribution is -2.11. The molecule has 1 amide bonds. The van der Waals surface area contributed by atoms with Gasteiger partial charge >= 0.3 is 0 Å². The van der Waals surface area contributed by atoms with Crippen molar-refractivity contribution in [1.82, 2.24) is 20.0 Å². The van der Waals surface area contributed by atoms with Crippen LogP contribution in [0.4, 0.5) is 10.8 Å². The standard InChI is InChI=1S/C13H12N6OS/c1-8-11(21-13(14)17-8)12(20)18-9-2-4-10(5-3-9)19-15-6-7-16-19/h2-7H,1H3,(H2,14,17)(H,18,20). The molecule has 3 aromatic rings. The number of amides is 1. The van der Waals surface area contributed by atoms with E-state index in [4.69, 9.17) is 5.73 Å². The maximum absolute atomic E-state index is 12.1. The fraction of sp³-hybridized carbons (Fsp3) is 0.0769. The molecule has 3 N–H and O–H groups in total. The van der Waals surface area contributed by atoms with Gasteiger partial charge in [-0.05, 0) is 31.2 Å². The Labute approximate surface area is 124 Å². The number of rotatable bonds is 3. The van der Waals surface area contributed by atoms with Crippen molar-refractivity contribution >= 4 is 28.1 Å². The van der Waals surface area contributed by atoms with Gasteiger partial charge in [0, 0.05) is 5.69 Å². The Morgan fingerprint density at radius 3 is 2.48 bits per heavy atom. The average Bonchev–Trinajstić information content (AvgIpc) is 3.09. The second-order valence-electron chi connectivity index (χ2n) is 4.29. The summed E-state index contributed by atoms with van der Waals surface area (Å²) in [6.45, 7) is 1.76. The molecule has 2 aromatic heterocycles. The van der Waals surface area contributed by atoms with Gasteiger partial charge in [0.05, 0.1) is 23.8 Å². The molecule has 106 valence electrons. The van der Waals surface area contributed by atoms with Crippen molar-refractivity contribution in [2.75, 3.05) is 11.1 Å². The van der Waals surface area contributed by atoms with Crippen molar-refractivity contribution in [2.24, 2.45) is 0 Å². The van der Waals surface area contributed by atoms with Crippen LogP contribution in [0, 0.1) is 6.92 Å². The third kappa shape index (κ3) is 2.75. The minimum absolute atomic E-state index is 0.216. The first kappa shape index (κ1) is 13.3. The number of hydrogen-bond donors (Lipinski definition) is 2. The molecule has 0 saturated carbocycles. The first-order chi connectivity index (χ1) is 10.1. The van der Waals surface area contributed by atoms with E-state index < -0.39 is 0 Å². The Kier molecular flexibility index (Phi) is 3.36. The van der Waals surface area contributed by atoms with Gasteiger partial charge < -0.3 is 11.1 Å². The Morgan fingerprint density at radius 2 is 1.90 bits per heavy atom. The largest absolute Gasteiger partial charge is 0.375 e. The van der Waals surface area contributed by atoms with Gasteiger partial charge in [-0.3, -0.25) is 4.79 Å². The summed E-state index contributed by atoms with van der Waals surface area (Å²) in [7, 11) is 0. The molecule has 7 nitrogen and oxygen atoms in total. The van der Waals surface area contributed by atoms with Gasteiger partial charge in [0.25, 0.3) is 5.91 Å². The average molecular weight is 300 g/mol. The number of hydrogen-bond acceptors (Lipinski definition) is 6. The summed E-state index contributed by atoms with van der Waals surface area (Å²) in [5.74, 6) is -0.216. The van der Waals surface area contributed by atoms with E-state index in [2.05, 4.69) is 20.5 Å². The molecule has 0 spiro atoms. The van der Waals surface area contributed by atoms with Crippen molar-refractivity contribution in [1.29, 1.82) is 0 Å². The molecule has 0 unspecified atom stereocenters. The number of nitrogens with two attached hydrogens (primary N) is 1. The number of nitrogens with one attached hydrogen (secondary N) is 1. The van der Waals surface area contributed by atoms with Gasteiger partial charge in [0.2, 0.25) is 0 Å². The van der Waals surface area contributed by atoms with Crippen molar-refractivity contribution in [2.45, 2.75) is 6.92 Å². The predicted molar refractivity (Wildman–Crippen MR) is 80.6 cm³/mol. The van der Waals surface area contributed by atoms with Gasteiger partial charge in [-0.2, -0.15) is 15.0 Å². The topological polar surface area (TPSA) is 98.7 Å². The number of carbonyl (C=O) groups excluding carboxylic acids is 1. The molecular weight excluding hydrogens is 288 g/mol. The second-order valence-corrected chi connectivity index (χ2v) is 5.32. The van der Waals surface area contributed by atoms with Crippen molar-refractivity contribution in [3.8, 4) is 5.69 Å². The second kappa shape index (κ2) is 5.33. The summed E-state index contributed by atoms with van der Waals surface area (Å²) < 4.78 is 0. The zero-order chi connectivity index (χ0) is 14.8. The molecule has 0 aliphatic rings. The molecule has 0 radical (unpaired) electrons. The van der Waals surface area contributed by atoms with Crippen LogP contribution in [0.25, 0.3) is 5.69 Å². The number of thiazole rings is 1. The Hall–Kier alpha value is -2.74. The van der Waals surface area contributed by atoms with E-state index in [-0.39, 0.29) is 5.91 Å². The van der Waals surface area contributed by atoms with Gasteiger partial charge in [0.1, 0.15) is 4.88 Å². The minimum atomic E-state index is -0.216. The first-order valence-corrected chi connectivity index (χ1v) is 6.96. The third-order valence-electron chi connectivity index (χ3n) is 2.79. The van der Waals surface area contributed by atoms with Crippen LogP contribution in [-0.4, -0.2) is 25.9 Å². The van der Waals surface area contributed by atoms with Gasteiger partial charge in [-0.25, -0.2) is 4.98 Å². The highest BCUT2D eigenvalue weighted by Crippen LogP contribution is 2.21. The van der Waals surface area contributed by atoms with Crippen LogP contribution in [-0.2, 0) is 0 Å². The molecule has 0 bridgehead atoms. The molecule has 3 rings (SSSR count). The molecule has 0 fully saturated rings. The summed E-state index contributed by atoms with van der Waals surface area (Å²) in [4.78, 5) is 18.2. The van der Waals surface area contributed by atoms with E-state index in [9.17, 15) is 4.79 Å². The van der Waals surface area contributed by atoms with E-state index >= 15 is 0 Å². The quantitative estimate of drug-likeness (QED) is 0.769. The van der Waals surface area contributed by atoms with Crippen LogP contribution >= 0.6 is 11.3 Å². The molecule has 2 heterocycles. The number of anilines is 2. The van der Waals surface area contributed by atoms with Crippen LogP contribution in [0.5, 0.6) is 0 Å². The van der Waals surface area contributed by atoms with Crippen LogP contribution in [0.3, 0.4) is 0 Å². The van der Waals surface area contributed by atoms with E-state index in [1.165, 1.54) is 16.1 Å². The summed E-state index contributed by atoms with van der Waals surface area (Å²) in [6.07, 6.45) is 3.21. The number of carbonyl (C=O) groups is 1. The smallest absolute Gasteiger partial charge is 0.267 e. The summed E-state index contributed by atoms with van der Waals surface area (Å²) >= 11 is 1.17. The SMILES string of the molecule is Cc1nc(N)sc1C(=O)Nc1ccc(-n2nccn2)cc1. The van der Waals surface area contributed by atoms with Crippen molar-refractivity contribution in [3.63, 3.8) is 0 Å². The maximum atomic E-state index is 12.1. The molecule has 0 saturated heterocycles. The van der Waals surface area contributed by atoms with Gasteiger partial charge in [0.15, 0.2) is 5.13 Å². The molecule has 0 aliphatic heterocycles. The lowest BCUT2D eigenvalue weighted by atomic mass is 10.2. The summed E-state index contributed by atoms with van der Waals surface area (Å²) in [6, 6.07) is 7.22. The fourth-order valence-electron chi connectivity index (χ4n) is 1.84. The highest BCUT2D eigenvalue weighted by Gasteiger charge is 2.14. The summed E-state index contributed by atoms with van der Waals surface area (Å²) in [5, 5.41) is 11.3. The lowest BCUT2D eigenvalue weighted by Gasteiger charge is -2.05. The number of nitrogen functional groups attached to an aromatic ring is 1. The monoisotopic (exact) mass is 300 g/mol. The van der Waals surface area contributed by atoms with E-state index in [1.807, 2.05) is 12.1 Å². The molecule has 21 heavy (non-hydrogen) atoms. The minimum Gasteiger partial charge on any atom is -0.375 e. The van der Waals surface area contributed by atoms with Gasteiger partial charge in [-0.15, -0.1) is 0 Å². The van der Waals surface area contributed by atoms with E-state index in [0.717, 1.165) is 5.69 Å². The Bertz CT molecular complexity index is 763.